The van der Waals surface area contributed by atoms with E-state index in [1.807, 2.05) is 17.0 Å². The fourth-order valence-corrected chi connectivity index (χ4v) is 2.31. The van der Waals surface area contributed by atoms with E-state index in [2.05, 4.69) is 29.2 Å². The number of nitrogens with one attached hydrogen (secondary N) is 1. The van der Waals surface area contributed by atoms with Gasteiger partial charge in [0.05, 0.1) is 5.56 Å². The predicted molar refractivity (Wildman–Crippen MR) is 81.0 cm³/mol. The third kappa shape index (κ3) is 3.93. The quantitative estimate of drug-likeness (QED) is 0.909. The lowest BCUT2D eigenvalue weighted by Crippen LogP contribution is -2.34. The summed E-state index contributed by atoms with van der Waals surface area (Å²) in [7, 11) is 2.10. The zero-order valence-electron chi connectivity index (χ0n) is 12.4. The molecule has 1 amide bonds. The van der Waals surface area contributed by atoms with Crippen LogP contribution in [0.4, 0.5) is 5.82 Å². The first-order valence-electron chi connectivity index (χ1n) is 7.38. The molecule has 0 atom stereocenters. The van der Waals surface area contributed by atoms with E-state index in [4.69, 9.17) is 0 Å². The molecular formula is C15H24N4O. The Balaban J connectivity index is 1.97. The molecule has 1 aliphatic heterocycles. The summed E-state index contributed by atoms with van der Waals surface area (Å²) in [5.74, 6) is 0.925. The van der Waals surface area contributed by atoms with E-state index >= 15 is 0 Å². The summed E-state index contributed by atoms with van der Waals surface area (Å²) < 4.78 is 0. The molecule has 0 radical (unpaired) electrons. The van der Waals surface area contributed by atoms with Gasteiger partial charge in [0.1, 0.15) is 5.82 Å². The van der Waals surface area contributed by atoms with Crippen molar-refractivity contribution in [2.24, 2.45) is 0 Å². The van der Waals surface area contributed by atoms with E-state index < -0.39 is 0 Å². The summed E-state index contributed by atoms with van der Waals surface area (Å²) in [6.45, 7) is 6.64. The Labute approximate surface area is 121 Å². The van der Waals surface area contributed by atoms with Gasteiger partial charge in [0.15, 0.2) is 0 Å². The maximum absolute atomic E-state index is 12.4. The highest BCUT2D eigenvalue weighted by Gasteiger charge is 2.18. The van der Waals surface area contributed by atoms with Gasteiger partial charge in [-0.25, -0.2) is 4.98 Å². The smallest absolute Gasteiger partial charge is 0.255 e. The topological polar surface area (TPSA) is 48.5 Å². The van der Waals surface area contributed by atoms with E-state index in [9.17, 15) is 4.79 Å². The summed E-state index contributed by atoms with van der Waals surface area (Å²) in [4.78, 5) is 20.9. The number of anilines is 1. The lowest BCUT2D eigenvalue weighted by Gasteiger charge is -2.20. The van der Waals surface area contributed by atoms with Gasteiger partial charge < -0.3 is 15.1 Å². The first-order chi connectivity index (χ1) is 9.70. The Kier molecular flexibility index (Phi) is 5.35. The van der Waals surface area contributed by atoms with Crippen molar-refractivity contribution in [3.8, 4) is 0 Å². The number of hydrogen-bond donors (Lipinski definition) is 1. The normalized spacial score (nSPS) is 16.8. The molecule has 0 aromatic carbocycles. The van der Waals surface area contributed by atoms with Gasteiger partial charge in [-0.05, 0) is 38.6 Å². The average Bonchev–Trinajstić information content (AvgIpc) is 2.70. The number of hydrogen-bond acceptors (Lipinski definition) is 4. The number of pyridine rings is 1. The zero-order valence-corrected chi connectivity index (χ0v) is 12.4. The number of carbonyl (C=O) groups excluding carboxylic acids is 1. The first kappa shape index (κ1) is 14.8. The number of likely N-dealkylation sites (N-methyl/N-ethyl adjacent to an activating group) is 1. The van der Waals surface area contributed by atoms with Crippen LogP contribution in [0, 0.1) is 0 Å². The van der Waals surface area contributed by atoms with Crippen LogP contribution >= 0.6 is 0 Å². The van der Waals surface area contributed by atoms with Crippen molar-refractivity contribution < 1.29 is 4.79 Å². The minimum Gasteiger partial charge on any atom is -0.370 e. The minimum atomic E-state index is 0.0924. The second kappa shape index (κ2) is 7.24. The molecule has 2 rings (SSSR count). The maximum atomic E-state index is 12.4. The van der Waals surface area contributed by atoms with E-state index in [-0.39, 0.29) is 5.91 Å². The van der Waals surface area contributed by atoms with Gasteiger partial charge in [-0.3, -0.25) is 4.79 Å². The highest BCUT2D eigenvalue weighted by atomic mass is 16.2. The van der Waals surface area contributed by atoms with Crippen LogP contribution in [0.25, 0.3) is 0 Å². The summed E-state index contributed by atoms with van der Waals surface area (Å²) in [6, 6.07) is 3.74. The van der Waals surface area contributed by atoms with Crippen LogP contribution in [0.5, 0.6) is 0 Å². The molecular weight excluding hydrogens is 252 g/mol. The highest BCUT2D eigenvalue weighted by molar-refractivity contribution is 5.94. The van der Waals surface area contributed by atoms with Crippen molar-refractivity contribution in [2.45, 2.75) is 19.8 Å². The van der Waals surface area contributed by atoms with Crippen molar-refractivity contribution in [3.63, 3.8) is 0 Å². The van der Waals surface area contributed by atoms with Crippen LogP contribution in [-0.2, 0) is 0 Å². The highest BCUT2D eigenvalue weighted by Crippen LogP contribution is 2.10. The maximum Gasteiger partial charge on any atom is 0.255 e. The average molecular weight is 276 g/mol. The van der Waals surface area contributed by atoms with Crippen LogP contribution in [0.2, 0.25) is 0 Å². The van der Waals surface area contributed by atoms with Crippen LogP contribution < -0.4 is 5.32 Å². The molecule has 0 unspecified atom stereocenters. The molecule has 1 fully saturated rings. The van der Waals surface area contributed by atoms with Gasteiger partial charge >= 0.3 is 0 Å². The Bertz CT molecular complexity index is 432. The Morgan fingerprint density at radius 3 is 2.85 bits per heavy atom. The molecule has 1 aliphatic rings. The monoisotopic (exact) mass is 276 g/mol. The van der Waals surface area contributed by atoms with Crippen LogP contribution in [0.1, 0.15) is 30.1 Å². The van der Waals surface area contributed by atoms with E-state index in [1.54, 1.807) is 6.20 Å². The summed E-state index contributed by atoms with van der Waals surface area (Å²) in [6.07, 6.45) is 3.77. The largest absolute Gasteiger partial charge is 0.370 e. The number of aromatic nitrogens is 1. The van der Waals surface area contributed by atoms with E-state index in [0.717, 1.165) is 51.4 Å². The second-order valence-electron chi connectivity index (χ2n) is 5.31. The molecule has 1 saturated heterocycles. The van der Waals surface area contributed by atoms with Crippen LogP contribution in [-0.4, -0.2) is 60.5 Å². The molecule has 2 heterocycles. The zero-order chi connectivity index (χ0) is 14.4. The van der Waals surface area contributed by atoms with Gasteiger partial charge in [-0.15, -0.1) is 0 Å². The van der Waals surface area contributed by atoms with Crippen molar-refractivity contribution in [1.29, 1.82) is 0 Å². The van der Waals surface area contributed by atoms with Crippen molar-refractivity contribution >= 4 is 11.7 Å². The molecule has 5 heteroatoms. The van der Waals surface area contributed by atoms with Crippen LogP contribution in [0.3, 0.4) is 0 Å². The lowest BCUT2D eigenvalue weighted by atomic mass is 10.2. The molecule has 1 aromatic heterocycles. The SMILES string of the molecule is CCCNc1ccc(C(=O)N2CCCN(C)CC2)cn1. The molecule has 0 aliphatic carbocycles. The van der Waals surface area contributed by atoms with Gasteiger partial charge in [-0.1, -0.05) is 6.92 Å². The minimum absolute atomic E-state index is 0.0924. The number of nitrogens with zero attached hydrogens (tertiary/aromatic N) is 3. The molecule has 110 valence electrons. The van der Waals surface area contributed by atoms with E-state index in [1.165, 1.54) is 0 Å². The molecule has 5 nitrogen and oxygen atoms in total. The number of carbonyl (C=O) groups is 1. The third-order valence-electron chi connectivity index (χ3n) is 3.57. The van der Waals surface area contributed by atoms with Gasteiger partial charge in [0.25, 0.3) is 5.91 Å². The third-order valence-corrected chi connectivity index (χ3v) is 3.57. The summed E-state index contributed by atoms with van der Waals surface area (Å²) >= 11 is 0. The molecule has 0 saturated carbocycles. The van der Waals surface area contributed by atoms with Crippen molar-refractivity contribution in [1.82, 2.24) is 14.8 Å². The van der Waals surface area contributed by atoms with Crippen molar-refractivity contribution in [2.75, 3.05) is 45.1 Å². The second-order valence-corrected chi connectivity index (χ2v) is 5.31. The fraction of sp³-hybridized carbons (Fsp3) is 0.600. The number of amides is 1. The Morgan fingerprint density at radius 1 is 1.30 bits per heavy atom. The summed E-state index contributed by atoms with van der Waals surface area (Å²) in [5, 5.41) is 3.21. The Morgan fingerprint density at radius 2 is 2.15 bits per heavy atom. The first-order valence-corrected chi connectivity index (χ1v) is 7.38. The standard InChI is InChI=1S/C15H24N4O/c1-3-7-16-14-6-5-13(12-17-14)15(20)19-9-4-8-18(2)10-11-19/h5-6,12H,3-4,7-11H2,1-2H3,(H,16,17). The fourth-order valence-electron chi connectivity index (χ4n) is 2.31. The van der Waals surface area contributed by atoms with Crippen LogP contribution in [0.15, 0.2) is 18.3 Å². The number of rotatable bonds is 4. The Hall–Kier alpha value is -1.62. The molecule has 0 spiro atoms. The van der Waals surface area contributed by atoms with Gasteiger partial charge in [-0.2, -0.15) is 0 Å². The summed E-state index contributed by atoms with van der Waals surface area (Å²) in [5.41, 5.74) is 0.677. The van der Waals surface area contributed by atoms with Gasteiger partial charge in [0.2, 0.25) is 0 Å². The molecule has 1 aromatic rings. The van der Waals surface area contributed by atoms with Crippen molar-refractivity contribution in [3.05, 3.63) is 23.9 Å². The predicted octanol–water partition coefficient (Wildman–Crippen LogP) is 1.68. The molecule has 20 heavy (non-hydrogen) atoms. The lowest BCUT2D eigenvalue weighted by molar-refractivity contribution is 0.0762. The molecule has 0 bridgehead atoms. The van der Waals surface area contributed by atoms with E-state index in [0.29, 0.717) is 5.56 Å². The van der Waals surface area contributed by atoms with Gasteiger partial charge in [0, 0.05) is 32.4 Å². The molecule has 1 N–H and O–H groups in total.